The number of pyridine rings is 1. The summed E-state index contributed by atoms with van der Waals surface area (Å²) in [5.41, 5.74) is 2.80. The molecule has 5 rings (SSSR count). The topological polar surface area (TPSA) is 70.5 Å². The standard InChI is InChI=1S/C26H20F2N2O3/c27-19-7-8-21(20(28)14-19)30-23(16-9-11-29-12-10-16)22(25(32)26(30)33)24(31)18-6-5-15-3-1-2-4-17(15)13-18/h5-14,23,31H,1-4H2/b24-22-. The van der Waals surface area contributed by atoms with Gasteiger partial charge < -0.3 is 5.11 Å². The fraction of sp³-hybridized carbons (Fsp3) is 0.192. The van der Waals surface area contributed by atoms with Gasteiger partial charge in [-0.25, -0.2) is 8.78 Å². The van der Waals surface area contributed by atoms with Crippen LogP contribution in [-0.4, -0.2) is 21.8 Å². The number of nitrogens with zero attached hydrogens (tertiary/aromatic N) is 2. The molecule has 3 aromatic rings. The summed E-state index contributed by atoms with van der Waals surface area (Å²) in [6.45, 7) is 0. The second-order valence-electron chi connectivity index (χ2n) is 8.24. The van der Waals surface area contributed by atoms with E-state index in [-0.39, 0.29) is 17.0 Å². The Morgan fingerprint density at radius 2 is 1.67 bits per heavy atom. The van der Waals surface area contributed by atoms with Crippen molar-refractivity contribution in [1.82, 2.24) is 4.98 Å². The van der Waals surface area contributed by atoms with Crippen molar-refractivity contribution in [2.24, 2.45) is 0 Å². The molecule has 166 valence electrons. The molecule has 2 heterocycles. The number of carbonyl (C=O) groups excluding carboxylic acids is 2. The Hall–Kier alpha value is -3.87. The van der Waals surface area contributed by atoms with Crippen LogP contribution in [0.2, 0.25) is 0 Å². The highest BCUT2D eigenvalue weighted by Crippen LogP contribution is 2.43. The number of hydrogen-bond donors (Lipinski definition) is 1. The summed E-state index contributed by atoms with van der Waals surface area (Å²) in [6.07, 6.45) is 6.95. The lowest BCUT2D eigenvalue weighted by Crippen LogP contribution is -2.30. The first kappa shape index (κ1) is 21.0. The van der Waals surface area contributed by atoms with Crippen LogP contribution in [-0.2, 0) is 22.4 Å². The third-order valence-electron chi connectivity index (χ3n) is 6.26. The smallest absolute Gasteiger partial charge is 0.300 e. The quantitative estimate of drug-likeness (QED) is 0.354. The van der Waals surface area contributed by atoms with Gasteiger partial charge in [0.1, 0.15) is 17.4 Å². The van der Waals surface area contributed by atoms with Gasteiger partial charge in [-0.2, -0.15) is 0 Å². The predicted molar refractivity (Wildman–Crippen MR) is 118 cm³/mol. The second kappa shape index (κ2) is 8.24. The minimum absolute atomic E-state index is 0.148. The van der Waals surface area contributed by atoms with Crippen LogP contribution in [0.15, 0.2) is 66.5 Å². The van der Waals surface area contributed by atoms with E-state index in [0.29, 0.717) is 17.2 Å². The molecule has 1 amide bonds. The number of aliphatic hydroxyl groups excluding tert-OH is 1. The average molecular weight is 446 g/mol. The number of hydrogen-bond acceptors (Lipinski definition) is 4. The Morgan fingerprint density at radius 3 is 2.39 bits per heavy atom. The number of anilines is 1. The lowest BCUT2D eigenvalue weighted by molar-refractivity contribution is -0.132. The number of benzene rings is 2. The van der Waals surface area contributed by atoms with Gasteiger partial charge in [0.15, 0.2) is 0 Å². The first-order valence-electron chi connectivity index (χ1n) is 10.7. The van der Waals surface area contributed by atoms with E-state index in [9.17, 15) is 23.5 Å². The Kier molecular flexibility index (Phi) is 5.24. The molecule has 0 spiro atoms. The number of fused-ring (bicyclic) bond motifs is 1. The maximum Gasteiger partial charge on any atom is 0.300 e. The van der Waals surface area contributed by atoms with Crippen molar-refractivity contribution < 1.29 is 23.5 Å². The summed E-state index contributed by atoms with van der Waals surface area (Å²) in [6, 6.07) is 10.4. The lowest BCUT2D eigenvalue weighted by atomic mass is 9.89. The zero-order chi connectivity index (χ0) is 23.1. The van der Waals surface area contributed by atoms with Crippen molar-refractivity contribution >= 4 is 23.1 Å². The van der Waals surface area contributed by atoms with Crippen LogP contribution in [0.3, 0.4) is 0 Å². The molecule has 33 heavy (non-hydrogen) atoms. The van der Waals surface area contributed by atoms with E-state index in [1.807, 2.05) is 12.1 Å². The highest BCUT2D eigenvalue weighted by Gasteiger charge is 2.47. The molecule has 5 nitrogen and oxygen atoms in total. The number of Topliss-reactive ketones (excluding diaryl/α,β-unsaturated/α-hetero) is 1. The molecule has 1 aliphatic carbocycles. The van der Waals surface area contributed by atoms with Crippen molar-refractivity contribution in [3.63, 3.8) is 0 Å². The van der Waals surface area contributed by atoms with Gasteiger partial charge in [-0.05, 0) is 72.7 Å². The van der Waals surface area contributed by atoms with Crippen molar-refractivity contribution in [1.29, 1.82) is 0 Å². The van der Waals surface area contributed by atoms with Gasteiger partial charge in [-0.15, -0.1) is 0 Å². The molecule has 7 heteroatoms. The summed E-state index contributed by atoms with van der Waals surface area (Å²) in [5, 5.41) is 11.2. The predicted octanol–water partition coefficient (Wildman–Crippen LogP) is 4.86. The van der Waals surface area contributed by atoms with Crippen LogP contribution in [0.5, 0.6) is 0 Å². The van der Waals surface area contributed by atoms with Crippen molar-refractivity contribution in [2.45, 2.75) is 31.7 Å². The van der Waals surface area contributed by atoms with E-state index < -0.39 is 29.4 Å². The van der Waals surface area contributed by atoms with Crippen molar-refractivity contribution in [2.75, 3.05) is 4.90 Å². The third kappa shape index (κ3) is 3.59. The number of halogens is 2. The van der Waals surface area contributed by atoms with Gasteiger partial charge >= 0.3 is 0 Å². The third-order valence-corrected chi connectivity index (χ3v) is 6.26. The SMILES string of the molecule is O=C1C(=O)N(c2ccc(F)cc2F)C(c2ccncc2)/C1=C(/O)c1ccc2c(c1)CCCC2. The molecule has 0 saturated carbocycles. The van der Waals surface area contributed by atoms with Crippen LogP contribution in [0.1, 0.15) is 41.1 Å². The molecule has 1 unspecified atom stereocenters. The van der Waals surface area contributed by atoms with Crippen molar-refractivity contribution in [3.8, 4) is 0 Å². The van der Waals surface area contributed by atoms with Crippen molar-refractivity contribution in [3.05, 3.63) is 100 Å². The zero-order valence-electron chi connectivity index (χ0n) is 17.6. The molecular weight excluding hydrogens is 426 g/mol. The number of rotatable bonds is 3. The van der Waals surface area contributed by atoms with Gasteiger partial charge in [0.2, 0.25) is 0 Å². The first-order valence-corrected chi connectivity index (χ1v) is 10.7. The number of aromatic nitrogens is 1. The summed E-state index contributed by atoms with van der Waals surface area (Å²) < 4.78 is 28.2. The Labute approximate surface area is 189 Å². The van der Waals surface area contributed by atoms with Crippen LogP contribution in [0, 0.1) is 11.6 Å². The monoisotopic (exact) mass is 446 g/mol. The Morgan fingerprint density at radius 1 is 0.939 bits per heavy atom. The molecule has 2 aliphatic rings. The first-order chi connectivity index (χ1) is 16.0. The van der Waals surface area contributed by atoms with E-state index >= 15 is 0 Å². The van der Waals surface area contributed by atoms with E-state index in [0.717, 1.165) is 48.3 Å². The van der Waals surface area contributed by atoms with Crippen LogP contribution < -0.4 is 4.90 Å². The number of ketones is 1. The number of carbonyl (C=O) groups is 2. The maximum atomic E-state index is 14.7. The molecule has 1 fully saturated rings. The molecule has 1 atom stereocenters. The summed E-state index contributed by atoms with van der Waals surface area (Å²) in [5.74, 6) is -4.04. The van der Waals surface area contributed by atoms with Crippen LogP contribution >= 0.6 is 0 Å². The molecule has 0 bridgehead atoms. The van der Waals surface area contributed by atoms with Crippen LogP contribution in [0.4, 0.5) is 14.5 Å². The van der Waals surface area contributed by atoms with E-state index in [2.05, 4.69) is 4.98 Å². The zero-order valence-corrected chi connectivity index (χ0v) is 17.6. The summed E-state index contributed by atoms with van der Waals surface area (Å²) in [4.78, 5) is 31.1. The number of amides is 1. The maximum absolute atomic E-state index is 14.7. The molecule has 1 aromatic heterocycles. The average Bonchev–Trinajstić information content (AvgIpc) is 3.09. The molecule has 1 N–H and O–H groups in total. The summed E-state index contributed by atoms with van der Waals surface area (Å²) >= 11 is 0. The highest BCUT2D eigenvalue weighted by molar-refractivity contribution is 6.51. The fourth-order valence-corrected chi connectivity index (χ4v) is 4.66. The van der Waals surface area contributed by atoms with E-state index in [1.54, 1.807) is 18.2 Å². The molecule has 2 aromatic carbocycles. The number of aryl methyl sites for hydroxylation is 2. The normalized spacial score (nSPS) is 19.6. The largest absolute Gasteiger partial charge is 0.507 e. The second-order valence-corrected chi connectivity index (χ2v) is 8.24. The van der Waals surface area contributed by atoms with E-state index in [1.165, 1.54) is 18.0 Å². The molecule has 1 aliphatic heterocycles. The van der Waals surface area contributed by atoms with E-state index in [4.69, 9.17) is 0 Å². The molecular formula is C26H20F2N2O3. The van der Waals surface area contributed by atoms with Gasteiger partial charge in [0.05, 0.1) is 17.3 Å². The highest BCUT2D eigenvalue weighted by atomic mass is 19.1. The van der Waals surface area contributed by atoms with Gasteiger partial charge in [0, 0.05) is 24.0 Å². The van der Waals surface area contributed by atoms with Crippen LogP contribution in [0.25, 0.3) is 5.76 Å². The summed E-state index contributed by atoms with van der Waals surface area (Å²) in [7, 11) is 0. The fourth-order valence-electron chi connectivity index (χ4n) is 4.66. The van der Waals surface area contributed by atoms with Gasteiger partial charge in [-0.1, -0.05) is 12.1 Å². The minimum Gasteiger partial charge on any atom is -0.507 e. The molecule has 0 radical (unpaired) electrons. The van der Waals surface area contributed by atoms with Gasteiger partial charge in [-0.3, -0.25) is 19.5 Å². The Bertz CT molecular complexity index is 1300. The lowest BCUT2D eigenvalue weighted by Gasteiger charge is -2.25. The number of aliphatic hydroxyl groups is 1. The Balaban J connectivity index is 1.70. The minimum atomic E-state index is -1.09. The molecule has 1 saturated heterocycles. The van der Waals surface area contributed by atoms with Gasteiger partial charge in [0.25, 0.3) is 11.7 Å².